The summed E-state index contributed by atoms with van der Waals surface area (Å²) in [5.41, 5.74) is 1.46. The van der Waals surface area contributed by atoms with E-state index in [9.17, 15) is 12.8 Å². The summed E-state index contributed by atoms with van der Waals surface area (Å²) < 4.78 is 40.2. The van der Waals surface area contributed by atoms with Gasteiger partial charge < -0.3 is 4.90 Å². The largest absolute Gasteiger partial charge is 0.362 e. The van der Waals surface area contributed by atoms with E-state index < -0.39 is 15.8 Å². The molecule has 0 bridgehead atoms. The molecule has 122 valence electrons. The van der Waals surface area contributed by atoms with E-state index in [2.05, 4.69) is 9.71 Å². The Labute approximate surface area is 135 Å². The molecule has 2 heterocycles. The first-order chi connectivity index (χ1) is 11.0. The number of sulfonamides is 1. The first kappa shape index (κ1) is 15.9. The summed E-state index contributed by atoms with van der Waals surface area (Å²) in [6.45, 7) is 0.731. The van der Waals surface area contributed by atoms with Gasteiger partial charge in [-0.1, -0.05) is 6.07 Å². The zero-order chi connectivity index (χ0) is 16.4. The fourth-order valence-corrected chi connectivity index (χ4v) is 3.72. The van der Waals surface area contributed by atoms with Crippen LogP contribution in [0.2, 0.25) is 0 Å². The SMILES string of the molecule is CNS(=O)(=O)c1ccc(N2CCCC2c2cccnc2)c(F)c1. The lowest BCUT2D eigenvalue weighted by atomic mass is 10.1. The van der Waals surface area contributed by atoms with Gasteiger partial charge in [0.15, 0.2) is 0 Å². The van der Waals surface area contributed by atoms with Crippen LogP contribution in [0.15, 0.2) is 47.6 Å². The third kappa shape index (κ3) is 3.07. The van der Waals surface area contributed by atoms with Gasteiger partial charge in [-0.15, -0.1) is 0 Å². The third-order valence-corrected chi connectivity index (χ3v) is 5.54. The van der Waals surface area contributed by atoms with Gasteiger partial charge in [-0.3, -0.25) is 4.98 Å². The summed E-state index contributed by atoms with van der Waals surface area (Å²) in [4.78, 5) is 6.03. The highest BCUT2D eigenvalue weighted by atomic mass is 32.2. The Morgan fingerprint density at radius 2 is 2.17 bits per heavy atom. The topological polar surface area (TPSA) is 62.3 Å². The molecule has 1 aromatic heterocycles. The van der Waals surface area contributed by atoms with Gasteiger partial charge in [0.1, 0.15) is 5.82 Å². The van der Waals surface area contributed by atoms with E-state index in [4.69, 9.17) is 0 Å². The summed E-state index contributed by atoms with van der Waals surface area (Å²) >= 11 is 0. The van der Waals surface area contributed by atoms with Gasteiger partial charge in [0.2, 0.25) is 10.0 Å². The van der Waals surface area contributed by atoms with Crippen LogP contribution in [-0.2, 0) is 10.0 Å². The summed E-state index contributed by atoms with van der Waals surface area (Å²) in [7, 11) is -2.34. The van der Waals surface area contributed by atoms with Crippen molar-refractivity contribution in [1.82, 2.24) is 9.71 Å². The molecule has 1 aliphatic heterocycles. The number of hydrogen-bond acceptors (Lipinski definition) is 4. The quantitative estimate of drug-likeness (QED) is 0.932. The normalized spacial score (nSPS) is 18.3. The molecule has 1 saturated heterocycles. The second-order valence-electron chi connectivity index (χ2n) is 5.46. The van der Waals surface area contributed by atoms with Crippen LogP contribution in [0, 0.1) is 5.82 Å². The molecule has 5 nitrogen and oxygen atoms in total. The maximum Gasteiger partial charge on any atom is 0.240 e. The number of nitrogens with one attached hydrogen (secondary N) is 1. The molecular formula is C16H18FN3O2S. The van der Waals surface area contributed by atoms with Crippen LogP contribution >= 0.6 is 0 Å². The average molecular weight is 335 g/mol. The molecule has 1 N–H and O–H groups in total. The molecule has 23 heavy (non-hydrogen) atoms. The molecule has 1 unspecified atom stereocenters. The Bertz CT molecular complexity index is 796. The fourth-order valence-electron chi connectivity index (χ4n) is 2.98. The van der Waals surface area contributed by atoms with Crippen molar-refractivity contribution in [2.24, 2.45) is 0 Å². The number of pyridine rings is 1. The number of benzene rings is 1. The minimum Gasteiger partial charge on any atom is -0.362 e. The highest BCUT2D eigenvalue weighted by Gasteiger charge is 2.28. The predicted molar refractivity (Wildman–Crippen MR) is 86.2 cm³/mol. The third-order valence-electron chi connectivity index (χ3n) is 4.13. The smallest absolute Gasteiger partial charge is 0.240 e. The van der Waals surface area contributed by atoms with E-state index in [1.165, 1.54) is 19.2 Å². The molecule has 2 aromatic rings. The molecule has 1 fully saturated rings. The summed E-state index contributed by atoms with van der Waals surface area (Å²) in [6.07, 6.45) is 5.37. The molecule has 0 aliphatic carbocycles. The van der Waals surface area contributed by atoms with Crippen molar-refractivity contribution >= 4 is 15.7 Å². The summed E-state index contributed by atoms with van der Waals surface area (Å²) in [6, 6.07) is 7.94. The Kier molecular flexibility index (Phi) is 4.32. The summed E-state index contributed by atoms with van der Waals surface area (Å²) in [5.74, 6) is -0.530. The predicted octanol–water partition coefficient (Wildman–Crippen LogP) is 2.47. The standard InChI is InChI=1S/C16H18FN3O2S/c1-18-23(21,22)13-6-7-16(14(17)10-13)20-9-3-5-15(20)12-4-2-8-19-11-12/h2,4,6-8,10-11,15,18H,3,5,9H2,1H3. The number of aromatic nitrogens is 1. The molecule has 1 aromatic carbocycles. The molecule has 3 rings (SSSR count). The van der Waals surface area contributed by atoms with Gasteiger partial charge >= 0.3 is 0 Å². The van der Waals surface area contributed by atoms with Crippen LogP contribution in [0.4, 0.5) is 10.1 Å². The molecule has 0 radical (unpaired) electrons. The van der Waals surface area contributed by atoms with Crippen LogP contribution < -0.4 is 9.62 Å². The Balaban J connectivity index is 1.95. The lowest BCUT2D eigenvalue weighted by Gasteiger charge is -2.27. The van der Waals surface area contributed by atoms with Crippen LogP contribution in [0.3, 0.4) is 0 Å². The number of anilines is 1. The van der Waals surface area contributed by atoms with Crippen molar-refractivity contribution in [1.29, 1.82) is 0 Å². The van der Waals surface area contributed by atoms with Crippen molar-refractivity contribution in [2.75, 3.05) is 18.5 Å². The Hall–Kier alpha value is -1.99. The van der Waals surface area contributed by atoms with E-state index in [1.807, 2.05) is 17.0 Å². The molecule has 7 heteroatoms. The molecule has 1 aliphatic rings. The van der Waals surface area contributed by atoms with Crippen LogP contribution in [0.1, 0.15) is 24.4 Å². The number of hydrogen-bond donors (Lipinski definition) is 1. The second-order valence-corrected chi connectivity index (χ2v) is 7.35. The number of nitrogens with zero attached hydrogens (tertiary/aromatic N) is 2. The van der Waals surface area contributed by atoms with Crippen LogP contribution in [-0.4, -0.2) is 27.0 Å². The van der Waals surface area contributed by atoms with E-state index in [1.54, 1.807) is 12.4 Å². The van der Waals surface area contributed by atoms with Crippen molar-refractivity contribution in [3.05, 3.63) is 54.1 Å². The lowest BCUT2D eigenvalue weighted by Crippen LogP contribution is -2.24. The maximum atomic E-state index is 14.5. The zero-order valence-electron chi connectivity index (χ0n) is 12.7. The van der Waals surface area contributed by atoms with Crippen molar-refractivity contribution in [3.63, 3.8) is 0 Å². The highest BCUT2D eigenvalue weighted by molar-refractivity contribution is 7.89. The molecular weight excluding hydrogens is 317 g/mol. The molecule has 1 atom stereocenters. The van der Waals surface area contributed by atoms with E-state index in [0.29, 0.717) is 5.69 Å². The monoisotopic (exact) mass is 335 g/mol. The number of rotatable bonds is 4. The van der Waals surface area contributed by atoms with Crippen molar-refractivity contribution < 1.29 is 12.8 Å². The first-order valence-electron chi connectivity index (χ1n) is 7.42. The molecule has 0 amide bonds. The minimum atomic E-state index is -3.65. The van der Waals surface area contributed by atoms with E-state index >= 15 is 0 Å². The van der Waals surface area contributed by atoms with Gasteiger partial charge in [0.25, 0.3) is 0 Å². The van der Waals surface area contributed by atoms with Gasteiger partial charge in [0.05, 0.1) is 16.6 Å². The van der Waals surface area contributed by atoms with Gasteiger partial charge in [0, 0.05) is 18.9 Å². The highest BCUT2D eigenvalue weighted by Crippen LogP contribution is 2.37. The average Bonchev–Trinajstić information content (AvgIpc) is 3.05. The van der Waals surface area contributed by atoms with Gasteiger partial charge in [-0.2, -0.15) is 0 Å². The van der Waals surface area contributed by atoms with Crippen molar-refractivity contribution in [3.8, 4) is 0 Å². The summed E-state index contributed by atoms with van der Waals surface area (Å²) in [5, 5.41) is 0. The fraction of sp³-hybridized carbons (Fsp3) is 0.312. The molecule has 0 spiro atoms. The lowest BCUT2D eigenvalue weighted by molar-refractivity contribution is 0.582. The van der Waals surface area contributed by atoms with Crippen LogP contribution in [0.5, 0.6) is 0 Å². The van der Waals surface area contributed by atoms with Crippen molar-refractivity contribution in [2.45, 2.75) is 23.8 Å². The van der Waals surface area contributed by atoms with Gasteiger partial charge in [-0.25, -0.2) is 17.5 Å². The Morgan fingerprint density at radius 1 is 1.35 bits per heavy atom. The molecule has 0 saturated carbocycles. The number of halogens is 1. The van der Waals surface area contributed by atoms with Gasteiger partial charge in [-0.05, 0) is 49.7 Å². The maximum absolute atomic E-state index is 14.5. The van der Waals surface area contributed by atoms with E-state index in [0.717, 1.165) is 31.0 Å². The van der Waals surface area contributed by atoms with E-state index in [-0.39, 0.29) is 10.9 Å². The van der Waals surface area contributed by atoms with Crippen LogP contribution in [0.25, 0.3) is 0 Å². The minimum absolute atomic E-state index is 0.0601. The second kappa shape index (κ2) is 6.25. The zero-order valence-corrected chi connectivity index (χ0v) is 13.6. The first-order valence-corrected chi connectivity index (χ1v) is 8.91. The Morgan fingerprint density at radius 3 is 2.83 bits per heavy atom.